The molecule has 1 aliphatic rings. The molecule has 6 nitrogen and oxygen atoms in total. The van der Waals surface area contributed by atoms with Gasteiger partial charge in [-0.15, -0.1) is 0 Å². The molecule has 2 aromatic rings. The van der Waals surface area contributed by atoms with E-state index in [9.17, 15) is 9.18 Å². The van der Waals surface area contributed by atoms with Crippen molar-refractivity contribution in [2.24, 2.45) is 0 Å². The van der Waals surface area contributed by atoms with E-state index in [0.717, 1.165) is 11.1 Å². The fourth-order valence-corrected chi connectivity index (χ4v) is 3.60. The molecule has 2 amide bonds. The molecule has 0 radical (unpaired) electrons. The van der Waals surface area contributed by atoms with Crippen LogP contribution < -0.4 is 10.1 Å². The first kappa shape index (κ1) is 22.1. The van der Waals surface area contributed by atoms with Crippen molar-refractivity contribution in [2.45, 2.75) is 24.5 Å². The van der Waals surface area contributed by atoms with E-state index in [1.165, 1.54) is 17.0 Å². The van der Waals surface area contributed by atoms with Crippen molar-refractivity contribution in [1.82, 2.24) is 10.2 Å². The predicted molar refractivity (Wildman–Crippen MR) is 112 cm³/mol. The topological polar surface area (TPSA) is 60.0 Å². The molecule has 0 spiro atoms. The van der Waals surface area contributed by atoms with Crippen LogP contribution in [0, 0.1) is 5.82 Å². The Kier molecular flexibility index (Phi) is 7.29. The number of nitrogens with one attached hydrogen (secondary N) is 1. The fourth-order valence-electron chi connectivity index (χ4n) is 3.60. The van der Waals surface area contributed by atoms with Gasteiger partial charge in [0, 0.05) is 53.3 Å². The molecule has 1 atom stereocenters. The minimum Gasteiger partial charge on any atom is -0.484 e. The maximum Gasteiger partial charge on any atom is 0.317 e. The molecule has 1 fully saturated rings. The number of carbonyl (C=O) groups is 1. The number of nitrogens with zero attached hydrogens (tertiary/aromatic N) is 1. The lowest BCUT2D eigenvalue weighted by atomic mass is 9.86. The lowest BCUT2D eigenvalue weighted by molar-refractivity contribution is -0.0950. The lowest BCUT2D eigenvalue weighted by Gasteiger charge is -2.36. The molecule has 1 unspecified atom stereocenters. The van der Waals surface area contributed by atoms with Gasteiger partial charge in [-0.3, -0.25) is 0 Å². The summed E-state index contributed by atoms with van der Waals surface area (Å²) in [6.07, 6.45) is 0.818. The average molecular weight is 416 g/mol. The van der Waals surface area contributed by atoms with Crippen LogP contribution in [-0.2, 0) is 15.1 Å². The minimum atomic E-state index is -0.597. The van der Waals surface area contributed by atoms with E-state index in [0.29, 0.717) is 31.8 Å². The number of methoxy groups -OCH3 is 1. The third kappa shape index (κ3) is 5.29. The first-order chi connectivity index (χ1) is 14.4. The molecule has 0 aliphatic carbocycles. The molecule has 1 N–H and O–H groups in total. The van der Waals surface area contributed by atoms with Gasteiger partial charge < -0.3 is 24.4 Å². The van der Waals surface area contributed by atoms with E-state index >= 15 is 0 Å². The number of benzene rings is 2. The molecule has 2 aromatic carbocycles. The van der Waals surface area contributed by atoms with Gasteiger partial charge in [0.1, 0.15) is 17.7 Å². The Morgan fingerprint density at radius 1 is 1.20 bits per heavy atom. The Morgan fingerprint density at radius 3 is 2.53 bits per heavy atom. The number of carbonyl (C=O) groups excluding carboxylic acids is 1. The van der Waals surface area contributed by atoms with Crippen molar-refractivity contribution in [1.29, 1.82) is 0 Å². The van der Waals surface area contributed by atoms with Crippen LogP contribution in [0.5, 0.6) is 5.75 Å². The highest BCUT2D eigenvalue weighted by Gasteiger charge is 2.35. The van der Waals surface area contributed by atoms with Crippen LogP contribution in [0.4, 0.5) is 9.18 Å². The van der Waals surface area contributed by atoms with Crippen LogP contribution in [0.1, 0.15) is 30.1 Å². The summed E-state index contributed by atoms with van der Waals surface area (Å²) in [6.45, 7) is 1.36. The summed E-state index contributed by atoms with van der Waals surface area (Å²) in [4.78, 5) is 13.5. The van der Waals surface area contributed by atoms with Crippen LogP contribution in [0.3, 0.4) is 0 Å². The van der Waals surface area contributed by atoms with Gasteiger partial charge in [0.05, 0.1) is 12.1 Å². The lowest BCUT2D eigenvalue weighted by Crippen LogP contribution is -2.38. The van der Waals surface area contributed by atoms with E-state index in [1.54, 1.807) is 21.2 Å². The van der Waals surface area contributed by atoms with E-state index in [2.05, 4.69) is 5.32 Å². The molecule has 0 aromatic heterocycles. The van der Waals surface area contributed by atoms with E-state index in [4.69, 9.17) is 14.2 Å². The Hall–Kier alpha value is -2.64. The molecule has 30 heavy (non-hydrogen) atoms. The van der Waals surface area contributed by atoms with Crippen molar-refractivity contribution in [2.75, 3.05) is 41.0 Å². The highest BCUT2D eigenvalue weighted by atomic mass is 19.1. The van der Waals surface area contributed by atoms with Crippen molar-refractivity contribution in [3.63, 3.8) is 0 Å². The quantitative estimate of drug-likeness (QED) is 0.745. The molecular formula is C23H29FN2O4. The summed E-state index contributed by atoms with van der Waals surface area (Å²) in [5.74, 6) is -0.00423. The molecule has 162 valence electrons. The Bertz CT molecular complexity index is 838. The number of rotatable bonds is 7. The Labute approximate surface area is 176 Å². The third-order valence-corrected chi connectivity index (χ3v) is 5.38. The number of halogens is 1. The molecule has 1 aliphatic heterocycles. The van der Waals surface area contributed by atoms with Crippen molar-refractivity contribution in [3.8, 4) is 5.75 Å². The van der Waals surface area contributed by atoms with Gasteiger partial charge in [-0.1, -0.05) is 30.3 Å². The monoisotopic (exact) mass is 416 g/mol. The molecule has 3 rings (SSSR count). The van der Waals surface area contributed by atoms with Crippen LogP contribution in [-0.4, -0.2) is 51.9 Å². The SMILES string of the molecule is COC1(c2cc(F)cc(OC(CNC(=O)N(C)C)c3ccccc3)c2)CCOCC1. The fraction of sp³-hybridized carbons (Fsp3) is 0.435. The zero-order valence-corrected chi connectivity index (χ0v) is 17.7. The molecule has 0 bridgehead atoms. The number of urea groups is 1. The zero-order chi connectivity index (χ0) is 21.6. The normalized spacial score (nSPS) is 16.5. The van der Waals surface area contributed by atoms with Crippen LogP contribution in [0.2, 0.25) is 0 Å². The largest absolute Gasteiger partial charge is 0.484 e. The summed E-state index contributed by atoms with van der Waals surface area (Å²) in [6, 6.07) is 14.0. The smallest absolute Gasteiger partial charge is 0.317 e. The van der Waals surface area contributed by atoms with Gasteiger partial charge in [-0.05, 0) is 23.3 Å². The number of hydrogen-bond donors (Lipinski definition) is 1. The zero-order valence-electron chi connectivity index (χ0n) is 17.7. The summed E-state index contributed by atoms with van der Waals surface area (Å²) in [5.41, 5.74) is 1.02. The second kappa shape index (κ2) is 9.91. The summed E-state index contributed by atoms with van der Waals surface area (Å²) < 4.78 is 32.0. The maximum atomic E-state index is 14.5. The standard InChI is InChI=1S/C23H29FN2O4/c1-26(2)22(27)25-16-21(17-7-5-4-6-8-17)30-20-14-18(13-19(24)15-20)23(28-3)9-11-29-12-10-23/h4-8,13-15,21H,9-12,16H2,1-3H3,(H,25,27). The van der Waals surface area contributed by atoms with Crippen LogP contribution in [0.25, 0.3) is 0 Å². The molecule has 7 heteroatoms. The van der Waals surface area contributed by atoms with Gasteiger partial charge in [0.2, 0.25) is 0 Å². The predicted octanol–water partition coefficient (Wildman–Crippen LogP) is 3.87. The highest BCUT2D eigenvalue weighted by Crippen LogP contribution is 2.38. The molecule has 1 heterocycles. The average Bonchev–Trinajstić information content (AvgIpc) is 2.77. The van der Waals surface area contributed by atoms with Gasteiger partial charge in [-0.25, -0.2) is 9.18 Å². The van der Waals surface area contributed by atoms with E-state index in [1.807, 2.05) is 36.4 Å². The maximum absolute atomic E-state index is 14.5. The molecular weight excluding hydrogens is 387 g/mol. The van der Waals surface area contributed by atoms with Gasteiger partial charge in [0.25, 0.3) is 0 Å². The first-order valence-corrected chi connectivity index (χ1v) is 10.0. The van der Waals surface area contributed by atoms with Crippen LogP contribution >= 0.6 is 0 Å². The van der Waals surface area contributed by atoms with Crippen molar-refractivity contribution >= 4 is 6.03 Å². The summed E-state index contributed by atoms with van der Waals surface area (Å²) in [7, 11) is 4.98. The van der Waals surface area contributed by atoms with Gasteiger partial charge in [0.15, 0.2) is 0 Å². The minimum absolute atomic E-state index is 0.222. The summed E-state index contributed by atoms with van der Waals surface area (Å²) >= 11 is 0. The number of amides is 2. The van der Waals surface area contributed by atoms with Gasteiger partial charge >= 0.3 is 6.03 Å². The molecule has 0 saturated carbocycles. The van der Waals surface area contributed by atoms with E-state index < -0.39 is 17.5 Å². The number of ether oxygens (including phenoxy) is 3. The first-order valence-electron chi connectivity index (χ1n) is 10.0. The Morgan fingerprint density at radius 2 is 1.90 bits per heavy atom. The van der Waals surface area contributed by atoms with Crippen LogP contribution in [0.15, 0.2) is 48.5 Å². The van der Waals surface area contributed by atoms with Crippen molar-refractivity contribution < 1.29 is 23.4 Å². The van der Waals surface area contributed by atoms with Gasteiger partial charge in [-0.2, -0.15) is 0 Å². The second-order valence-electron chi connectivity index (χ2n) is 7.58. The number of hydrogen-bond acceptors (Lipinski definition) is 4. The molecule has 1 saturated heterocycles. The second-order valence-corrected chi connectivity index (χ2v) is 7.58. The summed E-state index contributed by atoms with van der Waals surface area (Å²) in [5, 5.41) is 2.84. The third-order valence-electron chi connectivity index (χ3n) is 5.38. The van der Waals surface area contributed by atoms with E-state index in [-0.39, 0.29) is 12.6 Å². The highest BCUT2D eigenvalue weighted by molar-refractivity contribution is 5.73. The Balaban J connectivity index is 1.86. The van der Waals surface area contributed by atoms with Crippen molar-refractivity contribution in [3.05, 3.63) is 65.5 Å².